The molecule has 0 aliphatic carbocycles. The zero-order valence-electron chi connectivity index (χ0n) is 13.8. The quantitative estimate of drug-likeness (QED) is 0.801. The fraction of sp³-hybridized carbons (Fsp3) is 0.611. The first-order chi connectivity index (χ1) is 9.12. The number of hydrogen-bond acceptors (Lipinski definition) is 2. The first-order valence-corrected chi connectivity index (χ1v) is 7.36. The molecule has 1 aromatic carbocycles. The van der Waals surface area contributed by atoms with Gasteiger partial charge in [0, 0.05) is 12.1 Å². The molecule has 1 rings (SSSR count). The third-order valence-corrected chi connectivity index (χ3v) is 3.54. The minimum Gasteiger partial charge on any atom is -0.294 e. The van der Waals surface area contributed by atoms with Crippen LogP contribution in [-0.4, -0.2) is 17.0 Å². The van der Waals surface area contributed by atoms with Gasteiger partial charge in [0.15, 0.2) is 0 Å². The highest BCUT2D eigenvalue weighted by atomic mass is 15.2. The van der Waals surface area contributed by atoms with Crippen LogP contribution in [0.3, 0.4) is 0 Å². The van der Waals surface area contributed by atoms with Crippen LogP contribution in [0.25, 0.3) is 0 Å². The van der Waals surface area contributed by atoms with Gasteiger partial charge in [-0.1, -0.05) is 32.9 Å². The molecule has 0 bridgehead atoms. The number of nitrogens with zero attached hydrogens (tertiary/aromatic N) is 2. The Labute approximate surface area is 124 Å². The Morgan fingerprint density at radius 3 is 1.95 bits per heavy atom. The Morgan fingerprint density at radius 1 is 1.00 bits per heavy atom. The zero-order valence-corrected chi connectivity index (χ0v) is 13.8. The second kappa shape index (κ2) is 6.41. The van der Waals surface area contributed by atoms with E-state index in [1.165, 1.54) is 12.0 Å². The van der Waals surface area contributed by atoms with Gasteiger partial charge in [-0.25, -0.2) is 0 Å². The van der Waals surface area contributed by atoms with Crippen LogP contribution in [0.2, 0.25) is 0 Å². The van der Waals surface area contributed by atoms with Crippen molar-refractivity contribution in [1.29, 1.82) is 5.26 Å². The lowest BCUT2D eigenvalue weighted by Crippen LogP contribution is -2.42. The average Bonchev–Trinajstić information content (AvgIpc) is 2.32. The maximum absolute atomic E-state index is 8.85. The van der Waals surface area contributed by atoms with Gasteiger partial charge in [-0.2, -0.15) is 5.26 Å². The van der Waals surface area contributed by atoms with Gasteiger partial charge in [-0.15, -0.1) is 0 Å². The van der Waals surface area contributed by atoms with Crippen molar-refractivity contribution in [3.63, 3.8) is 0 Å². The number of hydrogen-bond donors (Lipinski definition) is 0. The van der Waals surface area contributed by atoms with Crippen LogP contribution in [-0.2, 0) is 6.54 Å². The van der Waals surface area contributed by atoms with Crippen molar-refractivity contribution < 1.29 is 0 Å². The molecule has 0 saturated carbocycles. The number of benzene rings is 1. The lowest BCUT2D eigenvalue weighted by atomic mass is 9.91. The summed E-state index contributed by atoms with van der Waals surface area (Å²) in [6.45, 7) is 15.7. The molecule has 1 aromatic rings. The van der Waals surface area contributed by atoms with E-state index in [9.17, 15) is 0 Å². The third kappa shape index (κ3) is 5.75. The molecule has 0 amide bonds. The van der Waals surface area contributed by atoms with Crippen molar-refractivity contribution in [2.75, 3.05) is 6.54 Å². The number of rotatable bonds is 4. The van der Waals surface area contributed by atoms with Gasteiger partial charge >= 0.3 is 0 Å². The van der Waals surface area contributed by atoms with Crippen LogP contribution in [0.4, 0.5) is 0 Å². The Bertz CT molecular complexity index is 452. The molecule has 0 spiro atoms. The first-order valence-electron chi connectivity index (χ1n) is 7.36. The molecule has 0 unspecified atom stereocenters. The van der Waals surface area contributed by atoms with Gasteiger partial charge < -0.3 is 0 Å². The lowest BCUT2D eigenvalue weighted by molar-refractivity contribution is 0.110. The molecule has 0 aromatic heterocycles. The second-order valence-electron chi connectivity index (χ2n) is 7.71. The summed E-state index contributed by atoms with van der Waals surface area (Å²) in [6, 6.07) is 10.1. The molecule has 0 N–H and O–H groups in total. The smallest absolute Gasteiger partial charge is 0.0991 e. The van der Waals surface area contributed by atoms with Crippen molar-refractivity contribution in [3.05, 3.63) is 35.4 Å². The summed E-state index contributed by atoms with van der Waals surface area (Å²) in [5, 5.41) is 8.85. The van der Waals surface area contributed by atoms with E-state index in [1.807, 2.05) is 12.1 Å². The number of nitriles is 1. The SMILES string of the molecule is CC(C)(C)CCN(Cc1ccc(C#N)cc1)C(C)(C)C. The highest BCUT2D eigenvalue weighted by Gasteiger charge is 2.23. The molecule has 0 radical (unpaired) electrons. The molecule has 2 heteroatoms. The Kier molecular flexibility index (Phi) is 5.36. The second-order valence-corrected chi connectivity index (χ2v) is 7.71. The normalized spacial score (nSPS) is 12.5. The van der Waals surface area contributed by atoms with Crippen molar-refractivity contribution >= 4 is 0 Å². The molecule has 0 aliphatic heterocycles. The largest absolute Gasteiger partial charge is 0.294 e. The Morgan fingerprint density at radius 2 is 1.55 bits per heavy atom. The Hall–Kier alpha value is -1.33. The van der Waals surface area contributed by atoms with Crippen LogP contribution >= 0.6 is 0 Å². The maximum atomic E-state index is 8.85. The van der Waals surface area contributed by atoms with Crippen LogP contribution < -0.4 is 0 Å². The predicted molar refractivity (Wildman–Crippen MR) is 85.4 cm³/mol. The summed E-state index contributed by atoms with van der Waals surface area (Å²) in [6.07, 6.45) is 1.18. The van der Waals surface area contributed by atoms with Crippen LogP contribution in [0.5, 0.6) is 0 Å². The molecule has 0 atom stereocenters. The molecular formula is C18H28N2. The van der Waals surface area contributed by atoms with Gasteiger partial charge in [0.05, 0.1) is 11.6 Å². The van der Waals surface area contributed by atoms with Crippen LogP contribution in [0.1, 0.15) is 59.1 Å². The topological polar surface area (TPSA) is 27.0 Å². The van der Waals surface area contributed by atoms with Gasteiger partial charge in [0.25, 0.3) is 0 Å². The van der Waals surface area contributed by atoms with E-state index in [4.69, 9.17) is 5.26 Å². The van der Waals surface area contributed by atoms with Crippen molar-refractivity contribution in [3.8, 4) is 6.07 Å². The van der Waals surface area contributed by atoms with Crippen molar-refractivity contribution in [2.24, 2.45) is 5.41 Å². The monoisotopic (exact) mass is 272 g/mol. The summed E-state index contributed by atoms with van der Waals surface area (Å²) in [7, 11) is 0. The molecule has 0 aliphatic rings. The summed E-state index contributed by atoms with van der Waals surface area (Å²) < 4.78 is 0. The predicted octanol–water partition coefficient (Wildman–Crippen LogP) is 4.59. The molecule has 20 heavy (non-hydrogen) atoms. The Balaban J connectivity index is 2.77. The van der Waals surface area contributed by atoms with Crippen molar-refractivity contribution in [1.82, 2.24) is 4.90 Å². The summed E-state index contributed by atoms with van der Waals surface area (Å²) in [5.41, 5.74) is 2.51. The molecule has 0 fully saturated rings. The van der Waals surface area contributed by atoms with E-state index in [1.54, 1.807) is 0 Å². The molecule has 0 heterocycles. The van der Waals surface area contributed by atoms with E-state index >= 15 is 0 Å². The molecule has 110 valence electrons. The van der Waals surface area contributed by atoms with Crippen LogP contribution in [0, 0.1) is 16.7 Å². The highest BCUT2D eigenvalue weighted by molar-refractivity contribution is 5.31. The van der Waals surface area contributed by atoms with E-state index < -0.39 is 0 Å². The zero-order chi connectivity index (χ0) is 15.4. The summed E-state index contributed by atoms with van der Waals surface area (Å²) in [5.74, 6) is 0. The minimum absolute atomic E-state index is 0.152. The van der Waals surface area contributed by atoms with Crippen molar-refractivity contribution in [2.45, 2.75) is 60.0 Å². The maximum Gasteiger partial charge on any atom is 0.0991 e. The minimum atomic E-state index is 0.152. The van der Waals surface area contributed by atoms with E-state index in [2.05, 4.69) is 64.6 Å². The van der Waals surface area contributed by atoms with Gasteiger partial charge in [-0.05, 0) is 56.8 Å². The van der Waals surface area contributed by atoms with Crippen LogP contribution in [0.15, 0.2) is 24.3 Å². The molecule has 2 nitrogen and oxygen atoms in total. The molecule has 0 saturated heterocycles. The lowest BCUT2D eigenvalue weighted by Gasteiger charge is -2.37. The average molecular weight is 272 g/mol. The highest BCUT2D eigenvalue weighted by Crippen LogP contribution is 2.24. The van der Waals surface area contributed by atoms with Gasteiger partial charge in [0.2, 0.25) is 0 Å². The standard InChI is InChI=1S/C18H28N2/c1-17(2,3)11-12-20(18(4,5)6)14-16-9-7-15(13-19)8-10-16/h7-10H,11-12,14H2,1-6H3. The van der Waals surface area contributed by atoms with E-state index in [0.29, 0.717) is 5.41 Å². The summed E-state index contributed by atoms with van der Waals surface area (Å²) in [4.78, 5) is 2.51. The van der Waals surface area contributed by atoms with E-state index in [-0.39, 0.29) is 5.54 Å². The fourth-order valence-corrected chi connectivity index (χ4v) is 2.03. The first kappa shape index (κ1) is 16.7. The summed E-state index contributed by atoms with van der Waals surface area (Å²) >= 11 is 0. The van der Waals surface area contributed by atoms with Gasteiger partial charge in [0.1, 0.15) is 0 Å². The fourth-order valence-electron chi connectivity index (χ4n) is 2.03. The van der Waals surface area contributed by atoms with E-state index in [0.717, 1.165) is 18.7 Å². The third-order valence-electron chi connectivity index (χ3n) is 3.54. The molecular weight excluding hydrogens is 244 g/mol. The van der Waals surface area contributed by atoms with Gasteiger partial charge in [-0.3, -0.25) is 4.90 Å².